The molecule has 110 valence electrons. The van der Waals surface area contributed by atoms with E-state index in [1.807, 2.05) is 0 Å². The van der Waals surface area contributed by atoms with Crippen molar-refractivity contribution in [2.24, 2.45) is 11.8 Å². The van der Waals surface area contributed by atoms with Gasteiger partial charge in [-0.3, -0.25) is 0 Å². The summed E-state index contributed by atoms with van der Waals surface area (Å²) in [5.74, 6) is -3.15. The Labute approximate surface area is 113 Å². The minimum absolute atomic E-state index is 0.342. The molecule has 1 unspecified atom stereocenters. The highest BCUT2D eigenvalue weighted by Crippen LogP contribution is 2.31. The molecule has 0 amide bonds. The van der Waals surface area contributed by atoms with E-state index in [4.69, 9.17) is 0 Å². The molecular formula is C14H23F2NO2. The van der Waals surface area contributed by atoms with Crippen molar-refractivity contribution in [3.05, 3.63) is 0 Å². The van der Waals surface area contributed by atoms with Crippen LogP contribution in [0, 0.1) is 11.8 Å². The van der Waals surface area contributed by atoms with Crippen molar-refractivity contribution in [3.8, 4) is 0 Å². The molecule has 1 N–H and O–H groups in total. The topological polar surface area (TPSA) is 38.3 Å². The maximum absolute atomic E-state index is 12.9. The van der Waals surface area contributed by atoms with Gasteiger partial charge in [-0.25, -0.2) is 4.79 Å². The lowest BCUT2D eigenvalue weighted by atomic mass is 9.81. The number of halogens is 2. The summed E-state index contributed by atoms with van der Waals surface area (Å²) in [6.07, 6.45) is 5.08. The van der Waals surface area contributed by atoms with Crippen LogP contribution in [0.4, 0.5) is 8.78 Å². The van der Waals surface area contributed by atoms with Crippen LogP contribution in [0.2, 0.25) is 0 Å². The number of cyclic esters (lactones) is 1. The first-order valence-electron chi connectivity index (χ1n) is 7.31. The lowest BCUT2D eigenvalue weighted by Gasteiger charge is -2.28. The largest absolute Gasteiger partial charge is 0.456 e. The average molecular weight is 275 g/mol. The van der Waals surface area contributed by atoms with Crippen molar-refractivity contribution in [2.75, 3.05) is 13.1 Å². The zero-order valence-corrected chi connectivity index (χ0v) is 11.5. The molecular weight excluding hydrogens is 252 g/mol. The molecule has 0 spiro atoms. The summed E-state index contributed by atoms with van der Waals surface area (Å²) < 4.78 is 30.5. The maximum Gasteiger partial charge on any atom is 0.377 e. The first-order chi connectivity index (χ1) is 9.01. The first-order valence-corrected chi connectivity index (χ1v) is 7.31. The molecule has 1 saturated carbocycles. The Morgan fingerprint density at radius 3 is 2.37 bits per heavy atom. The number of carbonyl (C=O) groups excluding carboxylic acids is 1. The van der Waals surface area contributed by atoms with Gasteiger partial charge >= 0.3 is 11.9 Å². The third-order valence-corrected chi connectivity index (χ3v) is 4.41. The van der Waals surface area contributed by atoms with Gasteiger partial charge in [-0.05, 0) is 31.2 Å². The summed E-state index contributed by atoms with van der Waals surface area (Å²) in [4.78, 5) is 10.8. The minimum Gasteiger partial charge on any atom is -0.456 e. The number of alkyl halides is 2. The van der Waals surface area contributed by atoms with Crippen LogP contribution in [0.5, 0.6) is 0 Å². The molecule has 5 heteroatoms. The Morgan fingerprint density at radius 2 is 1.84 bits per heavy atom. The van der Waals surface area contributed by atoms with Crippen molar-refractivity contribution in [1.82, 2.24) is 5.32 Å². The summed E-state index contributed by atoms with van der Waals surface area (Å²) in [5, 5.41) is 3.18. The zero-order valence-electron chi connectivity index (χ0n) is 11.5. The van der Waals surface area contributed by atoms with Gasteiger partial charge in [0.05, 0.1) is 6.42 Å². The smallest absolute Gasteiger partial charge is 0.377 e. The van der Waals surface area contributed by atoms with E-state index in [0.29, 0.717) is 12.5 Å². The van der Waals surface area contributed by atoms with Gasteiger partial charge in [-0.1, -0.05) is 26.2 Å². The second-order valence-electron chi connectivity index (χ2n) is 5.89. The van der Waals surface area contributed by atoms with Crippen LogP contribution in [0.25, 0.3) is 0 Å². The molecule has 0 bridgehead atoms. The van der Waals surface area contributed by atoms with Crippen molar-refractivity contribution in [1.29, 1.82) is 0 Å². The molecule has 0 radical (unpaired) electrons. The average Bonchev–Trinajstić information content (AvgIpc) is 2.64. The molecule has 1 aliphatic carbocycles. The fourth-order valence-corrected chi connectivity index (χ4v) is 3.05. The second kappa shape index (κ2) is 6.16. The molecule has 2 aliphatic rings. The standard InChI is InChI=1S/C14H23F2NO2/c1-2-10-3-5-11(6-4-10)8-17-9-12-7-14(15,16)13(18)19-12/h10-12,17H,2-9H2,1H3. The van der Waals surface area contributed by atoms with Crippen LogP contribution in [0.15, 0.2) is 0 Å². The quantitative estimate of drug-likeness (QED) is 0.784. The van der Waals surface area contributed by atoms with Gasteiger partial charge < -0.3 is 10.1 Å². The van der Waals surface area contributed by atoms with Gasteiger partial charge in [0.15, 0.2) is 0 Å². The summed E-state index contributed by atoms with van der Waals surface area (Å²) >= 11 is 0. The third kappa shape index (κ3) is 3.88. The number of hydrogen-bond acceptors (Lipinski definition) is 3. The summed E-state index contributed by atoms with van der Waals surface area (Å²) in [6, 6.07) is 0. The third-order valence-electron chi connectivity index (χ3n) is 4.41. The highest BCUT2D eigenvalue weighted by Gasteiger charge is 2.50. The molecule has 1 atom stereocenters. The summed E-state index contributed by atoms with van der Waals surface area (Å²) in [7, 11) is 0. The normalized spacial score (nSPS) is 34.3. The molecule has 0 aromatic carbocycles. The Hall–Kier alpha value is -0.710. The second-order valence-corrected chi connectivity index (χ2v) is 5.89. The van der Waals surface area contributed by atoms with Crippen LogP contribution in [-0.2, 0) is 9.53 Å². The fourth-order valence-electron chi connectivity index (χ4n) is 3.05. The number of rotatable bonds is 5. The van der Waals surface area contributed by atoms with E-state index in [9.17, 15) is 13.6 Å². The van der Waals surface area contributed by atoms with Crippen molar-refractivity contribution < 1.29 is 18.3 Å². The Morgan fingerprint density at radius 1 is 1.21 bits per heavy atom. The van der Waals surface area contributed by atoms with E-state index >= 15 is 0 Å². The van der Waals surface area contributed by atoms with Gasteiger partial charge in [-0.2, -0.15) is 8.78 Å². The minimum atomic E-state index is -3.29. The Bertz CT molecular complexity index is 315. The van der Waals surface area contributed by atoms with E-state index in [1.165, 1.54) is 32.1 Å². The van der Waals surface area contributed by atoms with E-state index in [1.54, 1.807) is 0 Å². The number of hydrogen-bond donors (Lipinski definition) is 1. The number of carbonyl (C=O) groups is 1. The summed E-state index contributed by atoms with van der Waals surface area (Å²) in [6.45, 7) is 3.42. The van der Waals surface area contributed by atoms with E-state index < -0.39 is 24.4 Å². The van der Waals surface area contributed by atoms with Gasteiger partial charge in [0.2, 0.25) is 0 Å². The van der Waals surface area contributed by atoms with Gasteiger partial charge in [0, 0.05) is 6.54 Å². The van der Waals surface area contributed by atoms with Crippen molar-refractivity contribution >= 4 is 5.97 Å². The monoisotopic (exact) mass is 275 g/mol. The van der Waals surface area contributed by atoms with Crippen LogP contribution in [-0.4, -0.2) is 31.1 Å². The molecule has 0 aromatic heterocycles. The lowest BCUT2D eigenvalue weighted by Crippen LogP contribution is -2.32. The van der Waals surface area contributed by atoms with Crippen LogP contribution >= 0.6 is 0 Å². The maximum atomic E-state index is 12.9. The van der Waals surface area contributed by atoms with E-state index in [-0.39, 0.29) is 0 Å². The van der Waals surface area contributed by atoms with Crippen LogP contribution < -0.4 is 5.32 Å². The molecule has 3 nitrogen and oxygen atoms in total. The predicted molar refractivity (Wildman–Crippen MR) is 68.1 cm³/mol. The molecule has 1 heterocycles. The molecule has 1 saturated heterocycles. The van der Waals surface area contributed by atoms with Gasteiger partial charge in [-0.15, -0.1) is 0 Å². The number of nitrogens with one attached hydrogen (secondary N) is 1. The summed E-state index contributed by atoms with van der Waals surface area (Å²) in [5.41, 5.74) is 0. The number of ether oxygens (including phenoxy) is 1. The zero-order chi connectivity index (χ0) is 13.9. The van der Waals surface area contributed by atoms with Crippen LogP contribution in [0.1, 0.15) is 45.4 Å². The predicted octanol–water partition coefficient (Wildman–Crippen LogP) is 2.74. The fraction of sp³-hybridized carbons (Fsp3) is 0.929. The molecule has 1 aliphatic heterocycles. The van der Waals surface area contributed by atoms with E-state index in [2.05, 4.69) is 17.0 Å². The lowest BCUT2D eigenvalue weighted by molar-refractivity contribution is -0.159. The Kier molecular flexibility index (Phi) is 4.76. The van der Waals surface area contributed by atoms with Gasteiger partial charge in [0.1, 0.15) is 6.10 Å². The van der Waals surface area contributed by atoms with Crippen LogP contribution in [0.3, 0.4) is 0 Å². The SMILES string of the molecule is CCC1CCC(CNCC2CC(F)(F)C(=O)O2)CC1. The highest BCUT2D eigenvalue weighted by molar-refractivity contribution is 5.79. The highest BCUT2D eigenvalue weighted by atomic mass is 19.3. The first kappa shape index (κ1) is 14.7. The number of esters is 1. The molecule has 0 aromatic rings. The molecule has 2 fully saturated rings. The van der Waals surface area contributed by atoms with Crippen molar-refractivity contribution in [3.63, 3.8) is 0 Å². The molecule has 2 rings (SSSR count). The van der Waals surface area contributed by atoms with E-state index in [0.717, 1.165) is 12.5 Å². The Balaban J connectivity index is 1.62. The molecule has 19 heavy (non-hydrogen) atoms. The van der Waals surface area contributed by atoms with Crippen molar-refractivity contribution in [2.45, 2.75) is 57.5 Å². The van der Waals surface area contributed by atoms with Gasteiger partial charge in [0.25, 0.3) is 0 Å².